The molecule has 6 nitrogen and oxygen atoms in total. The number of nitrogens with zero attached hydrogens (tertiary/aromatic N) is 3. The third-order valence-corrected chi connectivity index (χ3v) is 6.07. The molecule has 5 rings (SSSR count). The van der Waals surface area contributed by atoms with Gasteiger partial charge in [0.1, 0.15) is 10.4 Å². The molecule has 0 radical (unpaired) electrons. The topological polar surface area (TPSA) is 74.1 Å². The van der Waals surface area contributed by atoms with Gasteiger partial charge in [-0.3, -0.25) is 4.79 Å². The Balaban J connectivity index is 1.39. The van der Waals surface area contributed by atoms with Crippen molar-refractivity contribution in [2.75, 3.05) is 0 Å². The minimum absolute atomic E-state index is 0.269. The van der Waals surface area contributed by atoms with Crippen LogP contribution in [-0.4, -0.2) is 21.0 Å². The molecular weight excluding hydrogens is 374 g/mol. The highest BCUT2D eigenvalue weighted by molar-refractivity contribution is 7.17. The van der Waals surface area contributed by atoms with E-state index in [2.05, 4.69) is 22.4 Å². The highest BCUT2D eigenvalue weighted by atomic mass is 32.1. The Morgan fingerprint density at radius 1 is 1.07 bits per heavy atom. The van der Waals surface area contributed by atoms with Gasteiger partial charge in [0, 0.05) is 4.88 Å². The van der Waals surface area contributed by atoms with Gasteiger partial charge >= 0.3 is 5.97 Å². The zero-order valence-electron chi connectivity index (χ0n) is 14.8. The van der Waals surface area contributed by atoms with Crippen LogP contribution in [0.5, 0.6) is 0 Å². The van der Waals surface area contributed by atoms with Crippen LogP contribution in [0.2, 0.25) is 0 Å². The van der Waals surface area contributed by atoms with Crippen molar-refractivity contribution in [1.29, 1.82) is 0 Å². The first-order valence-corrected chi connectivity index (χ1v) is 9.73. The lowest BCUT2D eigenvalue weighted by molar-refractivity contribution is 0.0342. The van der Waals surface area contributed by atoms with Crippen LogP contribution in [0.3, 0.4) is 0 Å². The van der Waals surface area contributed by atoms with E-state index < -0.39 is 5.97 Å². The number of benzene rings is 2. The maximum Gasteiger partial charge on any atom is 0.350 e. The zero-order chi connectivity index (χ0) is 19.1. The first-order valence-electron chi connectivity index (χ1n) is 8.91. The molecule has 0 amide bonds. The Hall–Kier alpha value is -3.32. The molecule has 4 aromatic rings. The van der Waals surface area contributed by atoms with E-state index in [9.17, 15) is 9.59 Å². The predicted molar refractivity (Wildman–Crippen MR) is 106 cm³/mol. The Bertz CT molecular complexity index is 1280. The number of ether oxygens (including phenoxy) is 1. The fourth-order valence-corrected chi connectivity index (χ4v) is 4.64. The average molecular weight is 389 g/mol. The van der Waals surface area contributed by atoms with Crippen LogP contribution in [0.4, 0.5) is 0 Å². The summed E-state index contributed by atoms with van der Waals surface area (Å²) in [7, 11) is 0. The molecular formula is C21H15N3O3S. The van der Waals surface area contributed by atoms with E-state index in [-0.39, 0.29) is 12.3 Å². The van der Waals surface area contributed by atoms with Crippen LogP contribution in [0, 0.1) is 0 Å². The molecule has 0 N–H and O–H groups in total. The Kier molecular flexibility index (Phi) is 4.02. The van der Waals surface area contributed by atoms with Crippen LogP contribution >= 0.6 is 11.3 Å². The van der Waals surface area contributed by atoms with Crippen LogP contribution < -0.4 is 5.56 Å². The molecule has 2 aromatic carbocycles. The SMILES string of the molecule is O=C(OCn1nnc2ccccc2c1=O)c1cc2c(s1)-c1ccccc1CC2. The normalized spacial score (nSPS) is 12.4. The second-order valence-corrected chi connectivity index (χ2v) is 7.65. The molecule has 0 saturated carbocycles. The lowest BCUT2D eigenvalue weighted by Crippen LogP contribution is -2.26. The number of carbonyl (C=O) groups is 1. The van der Waals surface area contributed by atoms with Crippen molar-refractivity contribution >= 4 is 28.2 Å². The largest absolute Gasteiger partial charge is 0.438 e. The number of aryl methyl sites for hydroxylation is 2. The summed E-state index contributed by atoms with van der Waals surface area (Å²) in [6, 6.07) is 17.1. The summed E-state index contributed by atoms with van der Waals surface area (Å²) in [5.74, 6) is -0.460. The quantitative estimate of drug-likeness (QED) is 0.502. The molecule has 0 bridgehead atoms. The van der Waals surface area contributed by atoms with Crippen molar-refractivity contribution in [1.82, 2.24) is 15.0 Å². The van der Waals surface area contributed by atoms with Gasteiger partial charge in [-0.1, -0.05) is 41.6 Å². The van der Waals surface area contributed by atoms with Gasteiger partial charge < -0.3 is 4.74 Å². The van der Waals surface area contributed by atoms with E-state index in [1.54, 1.807) is 24.3 Å². The summed E-state index contributed by atoms with van der Waals surface area (Å²) in [5.41, 5.74) is 3.83. The number of fused-ring (bicyclic) bond motifs is 4. The molecule has 0 spiro atoms. The predicted octanol–water partition coefficient (Wildman–Crippen LogP) is 3.43. The fraction of sp³-hybridized carbons (Fsp3) is 0.143. The van der Waals surface area contributed by atoms with E-state index in [4.69, 9.17) is 4.74 Å². The molecule has 28 heavy (non-hydrogen) atoms. The van der Waals surface area contributed by atoms with Crippen LogP contribution in [-0.2, 0) is 24.3 Å². The van der Waals surface area contributed by atoms with E-state index in [1.165, 1.54) is 28.0 Å². The maximum atomic E-state index is 12.5. The lowest BCUT2D eigenvalue weighted by atomic mass is 9.91. The minimum Gasteiger partial charge on any atom is -0.438 e. The Morgan fingerprint density at radius 3 is 2.79 bits per heavy atom. The number of rotatable bonds is 3. The van der Waals surface area contributed by atoms with Crippen molar-refractivity contribution in [3.8, 4) is 10.4 Å². The van der Waals surface area contributed by atoms with Gasteiger partial charge in [0.05, 0.1) is 5.39 Å². The smallest absolute Gasteiger partial charge is 0.350 e. The average Bonchev–Trinajstić information content (AvgIpc) is 3.18. The molecule has 0 atom stereocenters. The molecule has 0 fully saturated rings. The highest BCUT2D eigenvalue weighted by Crippen LogP contribution is 2.39. The molecule has 2 heterocycles. The van der Waals surface area contributed by atoms with Crippen molar-refractivity contribution in [3.05, 3.63) is 81.0 Å². The summed E-state index contributed by atoms with van der Waals surface area (Å²) >= 11 is 1.43. The Labute approximate surface area is 164 Å². The molecule has 1 aliphatic rings. The number of carbonyl (C=O) groups excluding carboxylic acids is 1. The van der Waals surface area contributed by atoms with Crippen LogP contribution in [0.15, 0.2) is 59.4 Å². The number of esters is 1. The number of hydrogen-bond donors (Lipinski definition) is 0. The van der Waals surface area contributed by atoms with Gasteiger partial charge in [-0.25, -0.2) is 4.79 Å². The second-order valence-electron chi connectivity index (χ2n) is 6.59. The lowest BCUT2D eigenvalue weighted by Gasteiger charge is -2.15. The molecule has 2 aromatic heterocycles. The summed E-state index contributed by atoms with van der Waals surface area (Å²) in [5, 5.41) is 8.28. The standard InChI is InChI=1S/C21H15N3O3S/c25-20-16-7-3-4-8-17(16)22-23-24(20)12-27-21(26)18-11-14-10-9-13-5-1-2-6-15(13)19(14)28-18/h1-8,11H,9-10,12H2. The Morgan fingerprint density at radius 2 is 1.86 bits per heavy atom. The number of thiophene rings is 1. The van der Waals surface area contributed by atoms with Gasteiger partial charge in [-0.05, 0) is 47.7 Å². The van der Waals surface area contributed by atoms with Gasteiger partial charge in [0.2, 0.25) is 0 Å². The molecule has 1 aliphatic carbocycles. The molecule has 7 heteroatoms. The van der Waals surface area contributed by atoms with Gasteiger partial charge in [-0.2, -0.15) is 4.68 Å². The summed E-state index contributed by atoms with van der Waals surface area (Å²) in [6.45, 7) is -0.269. The van der Waals surface area contributed by atoms with Gasteiger partial charge in [0.25, 0.3) is 5.56 Å². The first kappa shape index (κ1) is 16.8. The molecule has 138 valence electrons. The monoisotopic (exact) mass is 389 g/mol. The number of aromatic nitrogens is 3. The first-order chi connectivity index (χ1) is 13.7. The van der Waals surface area contributed by atoms with E-state index in [0.717, 1.165) is 22.4 Å². The van der Waals surface area contributed by atoms with Crippen molar-refractivity contribution in [2.24, 2.45) is 0 Å². The third kappa shape index (κ3) is 2.80. The molecule has 0 unspecified atom stereocenters. The maximum absolute atomic E-state index is 12.5. The van der Waals surface area contributed by atoms with Gasteiger partial charge in [-0.15, -0.1) is 16.4 Å². The highest BCUT2D eigenvalue weighted by Gasteiger charge is 2.22. The molecule has 0 aliphatic heterocycles. The summed E-state index contributed by atoms with van der Waals surface area (Å²) < 4.78 is 6.40. The second kappa shape index (κ2) is 6.69. The van der Waals surface area contributed by atoms with Gasteiger partial charge in [0.15, 0.2) is 6.73 Å². The third-order valence-electron chi connectivity index (χ3n) is 4.88. The fourth-order valence-electron chi connectivity index (χ4n) is 3.47. The minimum atomic E-state index is -0.460. The van der Waals surface area contributed by atoms with E-state index in [1.807, 2.05) is 18.2 Å². The van der Waals surface area contributed by atoms with Crippen molar-refractivity contribution in [2.45, 2.75) is 19.6 Å². The van der Waals surface area contributed by atoms with Crippen molar-refractivity contribution in [3.63, 3.8) is 0 Å². The zero-order valence-corrected chi connectivity index (χ0v) is 15.6. The summed E-state index contributed by atoms with van der Waals surface area (Å²) in [6.07, 6.45) is 1.88. The summed E-state index contributed by atoms with van der Waals surface area (Å²) in [4.78, 5) is 26.6. The number of hydrogen-bond acceptors (Lipinski definition) is 6. The van der Waals surface area contributed by atoms with E-state index >= 15 is 0 Å². The van der Waals surface area contributed by atoms with Crippen LogP contribution in [0.25, 0.3) is 21.3 Å². The van der Waals surface area contributed by atoms with E-state index in [0.29, 0.717) is 15.8 Å². The molecule has 0 saturated heterocycles. The van der Waals surface area contributed by atoms with Crippen molar-refractivity contribution < 1.29 is 9.53 Å². The van der Waals surface area contributed by atoms with Crippen LogP contribution in [0.1, 0.15) is 20.8 Å².